The van der Waals surface area contributed by atoms with E-state index in [1.54, 1.807) is 18.5 Å². The van der Waals surface area contributed by atoms with Gasteiger partial charge in [0.15, 0.2) is 0 Å². The van der Waals surface area contributed by atoms with E-state index in [0.29, 0.717) is 19.0 Å². The molecular formula is C10H16N4O. The molecule has 5 heteroatoms. The highest BCUT2D eigenvalue weighted by molar-refractivity contribution is 5.77. The van der Waals surface area contributed by atoms with E-state index in [4.69, 9.17) is 0 Å². The smallest absolute Gasteiger partial charge is 0.222 e. The maximum atomic E-state index is 11.2. The molecule has 1 rings (SSSR count). The molecule has 1 aromatic rings. The topological polar surface area (TPSA) is 66.9 Å². The van der Waals surface area contributed by atoms with E-state index in [2.05, 4.69) is 20.6 Å². The van der Waals surface area contributed by atoms with Crippen LogP contribution in [0.1, 0.15) is 13.8 Å². The van der Waals surface area contributed by atoms with Gasteiger partial charge in [-0.1, -0.05) is 13.8 Å². The molecule has 0 saturated heterocycles. The van der Waals surface area contributed by atoms with E-state index in [1.807, 2.05) is 13.8 Å². The van der Waals surface area contributed by atoms with Crippen molar-refractivity contribution in [2.45, 2.75) is 13.8 Å². The second kappa shape index (κ2) is 5.95. The van der Waals surface area contributed by atoms with Gasteiger partial charge in [-0.2, -0.15) is 0 Å². The Balaban J connectivity index is 2.15. The zero-order valence-corrected chi connectivity index (χ0v) is 9.03. The Morgan fingerprint density at radius 2 is 2.00 bits per heavy atom. The van der Waals surface area contributed by atoms with Crippen LogP contribution >= 0.6 is 0 Å². The average molecular weight is 208 g/mol. The van der Waals surface area contributed by atoms with Gasteiger partial charge in [0.2, 0.25) is 11.9 Å². The van der Waals surface area contributed by atoms with E-state index in [0.717, 1.165) is 0 Å². The third-order valence-electron chi connectivity index (χ3n) is 1.80. The zero-order chi connectivity index (χ0) is 11.1. The average Bonchev–Trinajstić information content (AvgIpc) is 2.25. The summed E-state index contributed by atoms with van der Waals surface area (Å²) in [6, 6.07) is 1.76. The minimum absolute atomic E-state index is 0.0259. The number of hydrogen-bond acceptors (Lipinski definition) is 4. The first kappa shape index (κ1) is 11.4. The van der Waals surface area contributed by atoms with Crippen molar-refractivity contribution in [3.05, 3.63) is 18.5 Å². The van der Waals surface area contributed by atoms with Crippen molar-refractivity contribution in [3.8, 4) is 0 Å². The molecule has 82 valence electrons. The minimum atomic E-state index is 0.0259. The summed E-state index contributed by atoms with van der Waals surface area (Å²) in [5, 5.41) is 5.80. The van der Waals surface area contributed by atoms with Crippen molar-refractivity contribution in [3.63, 3.8) is 0 Å². The van der Waals surface area contributed by atoms with Crippen molar-refractivity contribution < 1.29 is 4.79 Å². The van der Waals surface area contributed by atoms with Gasteiger partial charge < -0.3 is 10.6 Å². The molecule has 0 aliphatic carbocycles. The molecule has 5 nitrogen and oxygen atoms in total. The van der Waals surface area contributed by atoms with Crippen molar-refractivity contribution in [2.75, 3.05) is 18.4 Å². The Kier molecular flexibility index (Phi) is 4.53. The predicted molar refractivity (Wildman–Crippen MR) is 58.4 cm³/mol. The summed E-state index contributed by atoms with van der Waals surface area (Å²) in [4.78, 5) is 19.2. The number of nitrogens with one attached hydrogen (secondary N) is 2. The second-order valence-electron chi connectivity index (χ2n) is 3.44. The van der Waals surface area contributed by atoms with Crippen LogP contribution in [-0.4, -0.2) is 29.0 Å². The van der Waals surface area contributed by atoms with Gasteiger partial charge in [0.25, 0.3) is 0 Å². The molecule has 0 bridgehead atoms. The van der Waals surface area contributed by atoms with Gasteiger partial charge in [0.05, 0.1) is 0 Å². The third-order valence-corrected chi connectivity index (χ3v) is 1.80. The van der Waals surface area contributed by atoms with E-state index in [-0.39, 0.29) is 11.8 Å². The second-order valence-corrected chi connectivity index (χ2v) is 3.44. The van der Waals surface area contributed by atoms with Gasteiger partial charge >= 0.3 is 0 Å². The van der Waals surface area contributed by atoms with Crippen LogP contribution in [0.5, 0.6) is 0 Å². The van der Waals surface area contributed by atoms with Crippen LogP contribution < -0.4 is 10.6 Å². The lowest BCUT2D eigenvalue weighted by molar-refractivity contribution is -0.123. The van der Waals surface area contributed by atoms with Crippen molar-refractivity contribution in [1.82, 2.24) is 15.3 Å². The number of carbonyl (C=O) groups excluding carboxylic acids is 1. The highest BCUT2D eigenvalue weighted by Gasteiger charge is 2.04. The number of rotatable bonds is 5. The molecule has 1 amide bonds. The molecule has 0 atom stereocenters. The molecule has 0 aliphatic heterocycles. The highest BCUT2D eigenvalue weighted by Crippen LogP contribution is 1.92. The molecule has 0 aliphatic rings. The van der Waals surface area contributed by atoms with Crippen LogP contribution in [0.2, 0.25) is 0 Å². The molecule has 0 spiro atoms. The fourth-order valence-corrected chi connectivity index (χ4v) is 0.955. The van der Waals surface area contributed by atoms with E-state index in [1.165, 1.54) is 0 Å². The Labute approximate surface area is 89.3 Å². The molecule has 0 unspecified atom stereocenters. The monoisotopic (exact) mass is 208 g/mol. The summed E-state index contributed by atoms with van der Waals surface area (Å²) >= 11 is 0. The normalized spacial score (nSPS) is 10.1. The number of aromatic nitrogens is 2. The number of carbonyl (C=O) groups is 1. The van der Waals surface area contributed by atoms with E-state index in [9.17, 15) is 4.79 Å². The first-order chi connectivity index (χ1) is 7.20. The molecule has 1 aromatic heterocycles. The number of hydrogen-bond donors (Lipinski definition) is 2. The van der Waals surface area contributed by atoms with Gasteiger partial charge in [0, 0.05) is 31.4 Å². The fourth-order valence-electron chi connectivity index (χ4n) is 0.955. The molecular weight excluding hydrogens is 192 g/mol. The summed E-state index contributed by atoms with van der Waals surface area (Å²) in [5.41, 5.74) is 0. The molecule has 0 aromatic carbocycles. The molecule has 2 N–H and O–H groups in total. The third kappa shape index (κ3) is 4.39. The maximum Gasteiger partial charge on any atom is 0.222 e. The standard InChI is InChI=1S/C10H16N4O/c1-8(2)9(15)11-6-7-14-10-12-4-3-5-13-10/h3-5,8H,6-7H2,1-2H3,(H,11,15)(H,12,13,14). The molecule has 1 heterocycles. The van der Waals surface area contributed by atoms with Crippen LogP contribution in [0.15, 0.2) is 18.5 Å². The van der Waals surface area contributed by atoms with Crippen LogP contribution in [0.25, 0.3) is 0 Å². The fraction of sp³-hybridized carbons (Fsp3) is 0.500. The highest BCUT2D eigenvalue weighted by atomic mass is 16.1. The first-order valence-electron chi connectivity index (χ1n) is 4.98. The first-order valence-corrected chi connectivity index (χ1v) is 4.98. The number of amides is 1. The minimum Gasteiger partial charge on any atom is -0.354 e. The summed E-state index contributed by atoms with van der Waals surface area (Å²) in [6.07, 6.45) is 3.34. The lowest BCUT2D eigenvalue weighted by Crippen LogP contribution is -2.32. The molecule has 0 saturated carbocycles. The van der Waals surface area contributed by atoms with Crippen LogP contribution in [0.4, 0.5) is 5.95 Å². The van der Waals surface area contributed by atoms with Crippen molar-refractivity contribution in [2.24, 2.45) is 5.92 Å². The zero-order valence-electron chi connectivity index (χ0n) is 9.03. The van der Waals surface area contributed by atoms with Gasteiger partial charge in [0.1, 0.15) is 0 Å². The van der Waals surface area contributed by atoms with Crippen LogP contribution in [0.3, 0.4) is 0 Å². The van der Waals surface area contributed by atoms with Gasteiger partial charge in [-0.3, -0.25) is 4.79 Å². The summed E-state index contributed by atoms with van der Waals surface area (Å²) < 4.78 is 0. The largest absolute Gasteiger partial charge is 0.354 e. The quantitative estimate of drug-likeness (QED) is 0.698. The summed E-state index contributed by atoms with van der Waals surface area (Å²) in [7, 11) is 0. The predicted octanol–water partition coefficient (Wildman–Crippen LogP) is 0.661. The van der Waals surface area contributed by atoms with Gasteiger partial charge in [-0.15, -0.1) is 0 Å². The molecule has 0 fully saturated rings. The van der Waals surface area contributed by atoms with Gasteiger partial charge in [-0.05, 0) is 6.07 Å². The van der Waals surface area contributed by atoms with Crippen LogP contribution in [-0.2, 0) is 4.79 Å². The van der Waals surface area contributed by atoms with E-state index >= 15 is 0 Å². The lowest BCUT2D eigenvalue weighted by atomic mass is 10.2. The molecule has 0 radical (unpaired) electrons. The Bertz CT molecular complexity index is 300. The Morgan fingerprint density at radius 1 is 1.33 bits per heavy atom. The van der Waals surface area contributed by atoms with Gasteiger partial charge in [-0.25, -0.2) is 9.97 Å². The Hall–Kier alpha value is -1.65. The Morgan fingerprint density at radius 3 is 2.60 bits per heavy atom. The SMILES string of the molecule is CC(C)C(=O)NCCNc1ncccn1. The maximum absolute atomic E-state index is 11.2. The van der Waals surface area contributed by atoms with Crippen molar-refractivity contribution >= 4 is 11.9 Å². The number of anilines is 1. The van der Waals surface area contributed by atoms with Crippen molar-refractivity contribution in [1.29, 1.82) is 0 Å². The van der Waals surface area contributed by atoms with E-state index < -0.39 is 0 Å². The number of nitrogens with zero attached hydrogens (tertiary/aromatic N) is 2. The van der Waals surface area contributed by atoms with Crippen LogP contribution in [0, 0.1) is 5.92 Å². The molecule has 15 heavy (non-hydrogen) atoms. The summed E-state index contributed by atoms with van der Waals surface area (Å²) in [5.74, 6) is 0.667. The summed E-state index contributed by atoms with van der Waals surface area (Å²) in [6.45, 7) is 4.93. The lowest BCUT2D eigenvalue weighted by Gasteiger charge is -2.08.